The molecule has 0 aliphatic carbocycles. The number of urea groups is 1. The Hall–Kier alpha value is -0.970. The Bertz CT molecular complexity index is 410. The second kappa shape index (κ2) is 7.46. The van der Waals surface area contributed by atoms with Gasteiger partial charge in [0.15, 0.2) is 0 Å². The highest BCUT2D eigenvalue weighted by Crippen LogP contribution is 2.24. The molecule has 1 aromatic rings. The number of amides is 2. The van der Waals surface area contributed by atoms with Crippen molar-refractivity contribution in [3.8, 4) is 0 Å². The first kappa shape index (κ1) is 15.1. The number of carbonyl (C=O) groups is 1. The monoisotopic (exact) mass is 289 g/mol. The van der Waals surface area contributed by atoms with Crippen LogP contribution >= 0.6 is 23.2 Å². The second-order valence-corrected chi connectivity index (χ2v) is 4.93. The average Bonchev–Trinajstić information content (AvgIpc) is 2.29. The van der Waals surface area contributed by atoms with E-state index in [0.717, 1.165) is 6.54 Å². The van der Waals surface area contributed by atoms with Crippen LogP contribution in [0.1, 0.15) is 13.8 Å². The number of rotatable bonds is 5. The summed E-state index contributed by atoms with van der Waals surface area (Å²) in [6.07, 6.45) is 0. The smallest absolute Gasteiger partial charge is 0.319 e. The van der Waals surface area contributed by atoms with Crippen molar-refractivity contribution in [2.75, 3.05) is 18.4 Å². The van der Waals surface area contributed by atoms with Crippen LogP contribution in [0.3, 0.4) is 0 Å². The van der Waals surface area contributed by atoms with Crippen molar-refractivity contribution in [3.05, 3.63) is 28.2 Å². The molecule has 0 radical (unpaired) electrons. The van der Waals surface area contributed by atoms with E-state index in [1.54, 1.807) is 18.2 Å². The van der Waals surface area contributed by atoms with Crippen LogP contribution in [0.15, 0.2) is 18.2 Å². The second-order valence-electron chi connectivity index (χ2n) is 4.12. The summed E-state index contributed by atoms with van der Waals surface area (Å²) in [6.45, 7) is 5.39. The van der Waals surface area contributed by atoms with E-state index in [4.69, 9.17) is 23.2 Å². The third kappa shape index (κ3) is 5.58. The van der Waals surface area contributed by atoms with E-state index in [1.165, 1.54) is 0 Å². The van der Waals surface area contributed by atoms with Gasteiger partial charge >= 0.3 is 6.03 Å². The lowest BCUT2D eigenvalue weighted by Gasteiger charge is -2.10. The topological polar surface area (TPSA) is 53.2 Å². The molecule has 6 heteroatoms. The molecule has 0 saturated carbocycles. The lowest BCUT2D eigenvalue weighted by molar-refractivity contribution is 0.252. The van der Waals surface area contributed by atoms with E-state index < -0.39 is 0 Å². The van der Waals surface area contributed by atoms with Gasteiger partial charge in [-0.25, -0.2) is 4.79 Å². The Balaban J connectivity index is 2.33. The first-order valence-corrected chi connectivity index (χ1v) is 6.48. The first-order chi connectivity index (χ1) is 8.49. The summed E-state index contributed by atoms with van der Waals surface area (Å²) in [5, 5.41) is 9.48. The number of hydrogen-bond acceptors (Lipinski definition) is 2. The maximum Gasteiger partial charge on any atom is 0.319 e. The van der Waals surface area contributed by atoms with Gasteiger partial charge in [-0.1, -0.05) is 37.0 Å². The van der Waals surface area contributed by atoms with E-state index >= 15 is 0 Å². The van der Waals surface area contributed by atoms with Crippen molar-refractivity contribution in [1.29, 1.82) is 0 Å². The summed E-state index contributed by atoms with van der Waals surface area (Å²) in [7, 11) is 0. The molecule has 0 aromatic heterocycles. The van der Waals surface area contributed by atoms with Crippen molar-refractivity contribution >= 4 is 34.9 Å². The van der Waals surface area contributed by atoms with Crippen molar-refractivity contribution in [2.45, 2.75) is 19.9 Å². The molecule has 0 atom stereocenters. The average molecular weight is 290 g/mol. The molecule has 100 valence electrons. The van der Waals surface area contributed by atoms with Crippen LogP contribution < -0.4 is 16.0 Å². The van der Waals surface area contributed by atoms with Gasteiger partial charge in [0, 0.05) is 24.8 Å². The molecule has 1 aromatic carbocycles. The minimum absolute atomic E-state index is 0.265. The van der Waals surface area contributed by atoms with Crippen LogP contribution in [0.4, 0.5) is 10.5 Å². The molecule has 0 unspecified atom stereocenters. The number of hydrogen-bond donors (Lipinski definition) is 3. The Morgan fingerprint density at radius 1 is 1.22 bits per heavy atom. The molecule has 1 rings (SSSR count). The number of benzene rings is 1. The molecule has 0 aliphatic rings. The molecule has 18 heavy (non-hydrogen) atoms. The van der Waals surface area contributed by atoms with Gasteiger partial charge in [-0.05, 0) is 18.2 Å². The maximum atomic E-state index is 11.5. The first-order valence-electron chi connectivity index (χ1n) is 5.72. The van der Waals surface area contributed by atoms with Gasteiger partial charge in [-0.2, -0.15) is 0 Å². The van der Waals surface area contributed by atoms with Crippen LogP contribution in [0.5, 0.6) is 0 Å². The summed E-state index contributed by atoms with van der Waals surface area (Å²) >= 11 is 11.6. The van der Waals surface area contributed by atoms with Gasteiger partial charge in [-0.3, -0.25) is 0 Å². The predicted molar refractivity (Wildman–Crippen MR) is 76.6 cm³/mol. The van der Waals surface area contributed by atoms with Crippen molar-refractivity contribution in [3.63, 3.8) is 0 Å². The molecule has 0 spiro atoms. The van der Waals surface area contributed by atoms with Gasteiger partial charge in [0.1, 0.15) is 0 Å². The van der Waals surface area contributed by atoms with E-state index in [1.807, 2.05) is 0 Å². The van der Waals surface area contributed by atoms with Crippen molar-refractivity contribution in [2.24, 2.45) is 0 Å². The molecular weight excluding hydrogens is 273 g/mol. The summed E-state index contributed by atoms with van der Waals surface area (Å²) < 4.78 is 0. The van der Waals surface area contributed by atoms with Gasteiger partial charge in [-0.15, -0.1) is 0 Å². The fraction of sp³-hybridized carbons (Fsp3) is 0.417. The van der Waals surface area contributed by atoms with Crippen LogP contribution in [-0.2, 0) is 0 Å². The van der Waals surface area contributed by atoms with E-state index in [2.05, 4.69) is 29.8 Å². The predicted octanol–water partition coefficient (Wildman–Crippen LogP) is 3.11. The third-order valence-electron chi connectivity index (χ3n) is 2.14. The maximum absolute atomic E-state index is 11.5. The molecular formula is C12H17Cl2N3O. The van der Waals surface area contributed by atoms with Gasteiger partial charge in [0.05, 0.1) is 10.0 Å². The number of anilines is 1. The highest BCUT2D eigenvalue weighted by molar-refractivity contribution is 6.42. The minimum atomic E-state index is -0.265. The SMILES string of the molecule is CC(C)NCCNC(=O)Nc1ccc(Cl)c(Cl)c1. The number of halogens is 2. The summed E-state index contributed by atoms with van der Waals surface area (Å²) in [6, 6.07) is 5.08. The number of carbonyl (C=O) groups excluding carboxylic acids is 1. The third-order valence-corrected chi connectivity index (χ3v) is 2.88. The summed E-state index contributed by atoms with van der Waals surface area (Å²) in [5.41, 5.74) is 0.610. The Morgan fingerprint density at radius 2 is 1.94 bits per heavy atom. The van der Waals surface area contributed by atoms with Gasteiger partial charge in [0.2, 0.25) is 0 Å². The van der Waals surface area contributed by atoms with Crippen LogP contribution in [-0.4, -0.2) is 25.2 Å². The largest absolute Gasteiger partial charge is 0.337 e. The molecule has 0 fully saturated rings. The standard InChI is InChI=1S/C12H17Cl2N3O/c1-8(2)15-5-6-16-12(18)17-9-3-4-10(13)11(14)7-9/h3-4,7-8,15H,5-6H2,1-2H3,(H2,16,17,18). The molecule has 0 heterocycles. The van der Waals surface area contributed by atoms with E-state index in [-0.39, 0.29) is 6.03 Å². The lowest BCUT2D eigenvalue weighted by Crippen LogP contribution is -2.36. The molecule has 0 bridgehead atoms. The summed E-state index contributed by atoms with van der Waals surface area (Å²) in [4.78, 5) is 11.5. The van der Waals surface area contributed by atoms with Crippen LogP contribution in [0, 0.1) is 0 Å². The Morgan fingerprint density at radius 3 is 2.56 bits per heavy atom. The molecule has 0 saturated heterocycles. The quantitative estimate of drug-likeness (QED) is 0.730. The van der Waals surface area contributed by atoms with E-state index in [9.17, 15) is 4.79 Å². The van der Waals surface area contributed by atoms with Crippen molar-refractivity contribution < 1.29 is 4.79 Å². The molecule has 2 amide bonds. The zero-order valence-electron chi connectivity index (χ0n) is 10.4. The van der Waals surface area contributed by atoms with Crippen molar-refractivity contribution in [1.82, 2.24) is 10.6 Å². The van der Waals surface area contributed by atoms with Gasteiger partial charge < -0.3 is 16.0 Å². The van der Waals surface area contributed by atoms with Crippen LogP contribution in [0.2, 0.25) is 10.0 Å². The highest BCUT2D eigenvalue weighted by atomic mass is 35.5. The van der Waals surface area contributed by atoms with Crippen LogP contribution in [0.25, 0.3) is 0 Å². The lowest BCUT2D eigenvalue weighted by atomic mass is 10.3. The zero-order valence-corrected chi connectivity index (χ0v) is 11.9. The van der Waals surface area contributed by atoms with Gasteiger partial charge in [0.25, 0.3) is 0 Å². The fourth-order valence-electron chi connectivity index (χ4n) is 1.29. The molecule has 0 aliphatic heterocycles. The normalized spacial score (nSPS) is 10.5. The minimum Gasteiger partial charge on any atom is -0.337 e. The van der Waals surface area contributed by atoms with E-state index in [0.29, 0.717) is 28.3 Å². The highest BCUT2D eigenvalue weighted by Gasteiger charge is 2.03. The fourth-order valence-corrected chi connectivity index (χ4v) is 1.58. The molecule has 3 N–H and O–H groups in total. The Kier molecular flexibility index (Phi) is 6.25. The molecule has 4 nitrogen and oxygen atoms in total. The number of nitrogens with one attached hydrogen (secondary N) is 3. The Labute approximate surface area is 117 Å². The zero-order chi connectivity index (χ0) is 13.5. The summed E-state index contributed by atoms with van der Waals surface area (Å²) in [5.74, 6) is 0.